The predicted molar refractivity (Wildman–Crippen MR) is 83.2 cm³/mol. The number of nitro benzene ring substituents is 1. The molecule has 0 fully saturated rings. The summed E-state index contributed by atoms with van der Waals surface area (Å²) in [7, 11) is 0. The lowest BCUT2D eigenvalue weighted by molar-refractivity contribution is -0.385. The molecule has 0 amide bonds. The van der Waals surface area contributed by atoms with Crippen molar-refractivity contribution >= 4 is 22.7 Å². The number of anilines is 1. The van der Waals surface area contributed by atoms with Gasteiger partial charge >= 0.3 is 5.69 Å². The maximum atomic E-state index is 11.3. The quantitative estimate of drug-likeness (QED) is 0.646. The van der Waals surface area contributed by atoms with Crippen LogP contribution in [0.3, 0.4) is 0 Å². The Morgan fingerprint density at radius 1 is 1.52 bits per heavy atom. The lowest BCUT2D eigenvalue weighted by Gasteiger charge is -2.14. The molecular formula is C14H17N3O3S. The number of para-hydroxylation sites is 1. The largest absolute Gasteiger partial charge is 0.487 e. The topological polar surface area (TPSA) is 77.3 Å². The van der Waals surface area contributed by atoms with Gasteiger partial charge in [-0.25, -0.2) is 4.98 Å². The van der Waals surface area contributed by atoms with Crippen molar-refractivity contribution < 1.29 is 9.66 Å². The minimum absolute atomic E-state index is 0.0421. The van der Waals surface area contributed by atoms with E-state index in [0.717, 1.165) is 9.88 Å². The fourth-order valence-electron chi connectivity index (χ4n) is 1.97. The van der Waals surface area contributed by atoms with Crippen LogP contribution in [0.1, 0.15) is 29.8 Å². The molecule has 0 saturated heterocycles. The molecule has 1 N–H and O–H groups in total. The Bertz CT molecular complexity index is 642. The molecule has 0 bridgehead atoms. The first-order valence-corrected chi connectivity index (χ1v) is 7.43. The molecule has 0 spiro atoms. The number of nitro groups is 1. The molecule has 1 aromatic carbocycles. The number of aromatic nitrogens is 1. The molecule has 0 aliphatic carbocycles. The lowest BCUT2D eigenvalue weighted by atomic mass is 10.2. The average molecular weight is 307 g/mol. The smallest absolute Gasteiger partial charge is 0.333 e. The van der Waals surface area contributed by atoms with Crippen LogP contribution < -0.4 is 10.1 Å². The molecule has 21 heavy (non-hydrogen) atoms. The average Bonchev–Trinajstić information content (AvgIpc) is 2.86. The van der Waals surface area contributed by atoms with E-state index in [-0.39, 0.29) is 17.5 Å². The first-order valence-electron chi connectivity index (χ1n) is 6.62. The zero-order chi connectivity index (χ0) is 15.4. The molecule has 1 aromatic heterocycles. The van der Waals surface area contributed by atoms with Crippen molar-refractivity contribution in [1.29, 1.82) is 0 Å². The van der Waals surface area contributed by atoms with Crippen LogP contribution in [0.2, 0.25) is 0 Å². The van der Waals surface area contributed by atoms with E-state index in [1.807, 2.05) is 13.8 Å². The molecule has 0 radical (unpaired) electrons. The van der Waals surface area contributed by atoms with E-state index in [0.29, 0.717) is 12.3 Å². The molecule has 0 aliphatic heterocycles. The lowest BCUT2D eigenvalue weighted by Crippen LogP contribution is -2.09. The van der Waals surface area contributed by atoms with Gasteiger partial charge < -0.3 is 10.1 Å². The van der Waals surface area contributed by atoms with Gasteiger partial charge in [-0.3, -0.25) is 10.1 Å². The van der Waals surface area contributed by atoms with Gasteiger partial charge in [-0.2, -0.15) is 0 Å². The van der Waals surface area contributed by atoms with Crippen molar-refractivity contribution in [1.82, 2.24) is 4.98 Å². The molecule has 7 heteroatoms. The van der Waals surface area contributed by atoms with Gasteiger partial charge in [-0.05, 0) is 32.9 Å². The van der Waals surface area contributed by atoms with Crippen LogP contribution in [-0.4, -0.2) is 16.5 Å². The van der Waals surface area contributed by atoms with E-state index in [1.54, 1.807) is 42.7 Å². The molecule has 2 rings (SSSR count). The predicted octanol–water partition coefficient (Wildman–Crippen LogP) is 3.93. The summed E-state index contributed by atoms with van der Waals surface area (Å²) in [6.45, 7) is 6.08. The summed E-state index contributed by atoms with van der Waals surface area (Å²) in [5.74, 6) is 0.273. The third kappa shape index (κ3) is 3.49. The Labute approximate surface area is 126 Å². The summed E-state index contributed by atoms with van der Waals surface area (Å²) in [4.78, 5) is 16.3. The number of nitrogens with zero attached hydrogens (tertiary/aromatic N) is 2. The molecule has 0 saturated carbocycles. The van der Waals surface area contributed by atoms with E-state index in [1.165, 1.54) is 0 Å². The Balaban J connectivity index is 2.30. The summed E-state index contributed by atoms with van der Waals surface area (Å²) in [5.41, 5.74) is 0.394. The van der Waals surface area contributed by atoms with Crippen LogP contribution in [0.25, 0.3) is 0 Å². The summed E-state index contributed by atoms with van der Waals surface area (Å²) >= 11 is 1.57. The SMILES string of the molecule is CCOc1cccc(NC(C)c2ncc(C)s2)c1[N+](=O)[O-]. The molecule has 1 atom stereocenters. The van der Waals surface area contributed by atoms with E-state index in [4.69, 9.17) is 4.74 Å². The monoisotopic (exact) mass is 307 g/mol. The highest BCUT2D eigenvalue weighted by Crippen LogP contribution is 2.36. The second kappa shape index (κ2) is 6.53. The summed E-state index contributed by atoms with van der Waals surface area (Å²) in [6, 6.07) is 4.90. The van der Waals surface area contributed by atoms with E-state index >= 15 is 0 Å². The number of benzene rings is 1. The number of nitrogens with one attached hydrogen (secondary N) is 1. The van der Waals surface area contributed by atoms with Crippen LogP contribution >= 0.6 is 11.3 Å². The number of thiazole rings is 1. The normalized spacial score (nSPS) is 12.0. The van der Waals surface area contributed by atoms with E-state index in [9.17, 15) is 10.1 Å². The molecule has 2 aromatic rings. The van der Waals surface area contributed by atoms with Crippen molar-refractivity contribution in [2.75, 3.05) is 11.9 Å². The van der Waals surface area contributed by atoms with Crippen molar-refractivity contribution in [2.24, 2.45) is 0 Å². The molecule has 112 valence electrons. The van der Waals surface area contributed by atoms with Crippen molar-refractivity contribution in [3.05, 3.63) is 44.4 Å². The number of ether oxygens (including phenoxy) is 1. The third-order valence-corrected chi connectivity index (χ3v) is 3.96. The highest BCUT2D eigenvalue weighted by molar-refractivity contribution is 7.11. The van der Waals surface area contributed by atoms with Gasteiger partial charge in [0, 0.05) is 11.1 Å². The highest BCUT2D eigenvalue weighted by Gasteiger charge is 2.22. The summed E-state index contributed by atoms with van der Waals surface area (Å²) in [6.07, 6.45) is 1.79. The Kier molecular flexibility index (Phi) is 4.74. The van der Waals surface area contributed by atoms with Gasteiger partial charge in [-0.15, -0.1) is 11.3 Å². The van der Waals surface area contributed by atoms with Crippen LogP contribution in [0.4, 0.5) is 11.4 Å². The van der Waals surface area contributed by atoms with Gasteiger partial charge in [-0.1, -0.05) is 6.07 Å². The van der Waals surface area contributed by atoms with Gasteiger partial charge in [0.2, 0.25) is 0 Å². The summed E-state index contributed by atoms with van der Waals surface area (Å²) in [5, 5.41) is 15.4. The van der Waals surface area contributed by atoms with Crippen LogP contribution in [0, 0.1) is 17.0 Å². The maximum Gasteiger partial charge on any atom is 0.333 e. The molecular weight excluding hydrogens is 290 g/mol. The number of aryl methyl sites for hydroxylation is 1. The van der Waals surface area contributed by atoms with Crippen LogP contribution in [-0.2, 0) is 0 Å². The standard InChI is InChI=1S/C14H17N3O3S/c1-4-20-12-7-5-6-11(13(12)17(18)19)16-10(3)14-15-8-9(2)21-14/h5-8,10,16H,4H2,1-3H3. The minimum atomic E-state index is -0.423. The van der Waals surface area contributed by atoms with Crippen LogP contribution in [0.15, 0.2) is 24.4 Å². The van der Waals surface area contributed by atoms with E-state index < -0.39 is 4.92 Å². The van der Waals surface area contributed by atoms with Gasteiger partial charge in [0.15, 0.2) is 5.75 Å². The van der Waals surface area contributed by atoms with Crippen molar-refractivity contribution in [2.45, 2.75) is 26.8 Å². The molecule has 1 unspecified atom stereocenters. The first kappa shape index (κ1) is 15.2. The Morgan fingerprint density at radius 3 is 2.86 bits per heavy atom. The number of rotatable bonds is 6. The second-order valence-electron chi connectivity index (χ2n) is 4.52. The highest BCUT2D eigenvalue weighted by atomic mass is 32.1. The van der Waals surface area contributed by atoms with E-state index in [2.05, 4.69) is 10.3 Å². The zero-order valence-electron chi connectivity index (χ0n) is 12.1. The maximum absolute atomic E-state index is 11.3. The third-order valence-electron chi connectivity index (χ3n) is 2.86. The molecule has 1 heterocycles. The Morgan fingerprint density at radius 2 is 2.29 bits per heavy atom. The fourth-order valence-corrected chi connectivity index (χ4v) is 2.74. The van der Waals surface area contributed by atoms with Gasteiger partial charge in [0.1, 0.15) is 10.7 Å². The molecule has 0 aliphatic rings. The molecule has 6 nitrogen and oxygen atoms in total. The number of hydrogen-bond donors (Lipinski definition) is 1. The number of hydrogen-bond acceptors (Lipinski definition) is 6. The Hall–Kier alpha value is -2.15. The minimum Gasteiger partial charge on any atom is -0.487 e. The van der Waals surface area contributed by atoms with Gasteiger partial charge in [0.25, 0.3) is 0 Å². The second-order valence-corrected chi connectivity index (χ2v) is 5.78. The fraction of sp³-hybridized carbons (Fsp3) is 0.357. The van der Waals surface area contributed by atoms with Crippen LogP contribution in [0.5, 0.6) is 5.75 Å². The first-order chi connectivity index (χ1) is 10.0. The zero-order valence-corrected chi connectivity index (χ0v) is 12.9. The van der Waals surface area contributed by atoms with Gasteiger partial charge in [0.05, 0.1) is 17.6 Å². The van der Waals surface area contributed by atoms with Crippen molar-refractivity contribution in [3.8, 4) is 5.75 Å². The summed E-state index contributed by atoms with van der Waals surface area (Å²) < 4.78 is 5.34. The van der Waals surface area contributed by atoms with Crippen molar-refractivity contribution in [3.63, 3.8) is 0 Å².